The lowest BCUT2D eigenvalue weighted by Crippen LogP contribution is -2.26. The second-order valence-electron chi connectivity index (χ2n) is 9.75. The Labute approximate surface area is 228 Å². The van der Waals surface area contributed by atoms with Crippen LogP contribution in [0.15, 0.2) is 47.4 Å². The Bertz CT molecular complexity index is 1450. The zero-order chi connectivity index (χ0) is 28.5. The van der Waals surface area contributed by atoms with Crippen LogP contribution >= 0.6 is 11.3 Å². The Morgan fingerprint density at radius 2 is 1.85 bits per heavy atom. The van der Waals surface area contributed by atoms with Crippen molar-refractivity contribution in [2.24, 2.45) is 5.92 Å². The minimum absolute atomic E-state index is 0.00257. The van der Waals surface area contributed by atoms with Crippen LogP contribution in [0.1, 0.15) is 53.5 Å². The third-order valence-electron chi connectivity index (χ3n) is 6.46. The van der Waals surface area contributed by atoms with Gasteiger partial charge in [-0.3, -0.25) is 9.69 Å². The summed E-state index contributed by atoms with van der Waals surface area (Å²) in [6, 6.07) is 9.08. The number of thiazole rings is 1. The first kappa shape index (κ1) is 29.2. The molecule has 0 spiro atoms. The van der Waals surface area contributed by atoms with Gasteiger partial charge in [0.05, 0.1) is 28.8 Å². The third-order valence-corrected chi connectivity index (χ3v) is 9.27. The fourth-order valence-electron chi connectivity index (χ4n) is 4.71. The van der Waals surface area contributed by atoms with Crippen LogP contribution in [0.5, 0.6) is 5.75 Å². The second-order valence-corrected chi connectivity index (χ2v) is 13.2. The van der Waals surface area contributed by atoms with E-state index in [2.05, 4.69) is 4.74 Å². The standard InChI is InChI=1S/C27H28F4N2O4S2/c1-4-39(35,36)21-8-5-17(6-9-21)11-19(34)13-24-32-25-23(38-24)15-33(26(25)16(2)3)14-18-12-20(7-10-22(18)28)37-27(29,30)31/h5-10,12,16,26H,4,11,13-15H2,1-3H3/t26-/m1/s1. The molecule has 4 rings (SSSR count). The number of alkyl halides is 3. The Hall–Kier alpha value is -2.83. The molecule has 210 valence electrons. The number of aromatic nitrogens is 1. The molecule has 0 N–H and O–H groups in total. The number of ketones is 1. The van der Waals surface area contributed by atoms with Crippen molar-refractivity contribution >= 4 is 27.0 Å². The van der Waals surface area contributed by atoms with Gasteiger partial charge in [-0.1, -0.05) is 32.9 Å². The molecule has 0 bridgehead atoms. The van der Waals surface area contributed by atoms with Crippen molar-refractivity contribution in [1.29, 1.82) is 0 Å². The number of carbonyl (C=O) groups is 1. The van der Waals surface area contributed by atoms with Gasteiger partial charge in [-0.15, -0.1) is 24.5 Å². The van der Waals surface area contributed by atoms with Crippen LogP contribution in [0, 0.1) is 11.7 Å². The highest BCUT2D eigenvalue weighted by Crippen LogP contribution is 2.42. The number of hydrogen-bond acceptors (Lipinski definition) is 7. The summed E-state index contributed by atoms with van der Waals surface area (Å²) in [5.41, 5.74) is 1.60. The number of hydrogen-bond donors (Lipinski definition) is 0. The van der Waals surface area contributed by atoms with E-state index in [1.165, 1.54) is 23.5 Å². The summed E-state index contributed by atoms with van der Waals surface area (Å²) < 4.78 is 80.3. The topological polar surface area (TPSA) is 76.6 Å². The second kappa shape index (κ2) is 11.3. The number of rotatable bonds is 10. The van der Waals surface area contributed by atoms with E-state index in [0.29, 0.717) is 17.1 Å². The van der Waals surface area contributed by atoms with E-state index in [1.54, 1.807) is 19.1 Å². The number of fused-ring (bicyclic) bond motifs is 1. The van der Waals surface area contributed by atoms with Crippen LogP contribution in [0.4, 0.5) is 17.6 Å². The van der Waals surface area contributed by atoms with E-state index in [-0.39, 0.29) is 53.3 Å². The molecule has 12 heteroatoms. The molecule has 0 amide bonds. The summed E-state index contributed by atoms with van der Waals surface area (Å²) >= 11 is 1.40. The highest BCUT2D eigenvalue weighted by Gasteiger charge is 2.37. The van der Waals surface area contributed by atoms with Gasteiger partial charge in [0.15, 0.2) is 9.84 Å². The predicted octanol–water partition coefficient (Wildman–Crippen LogP) is 6.04. The van der Waals surface area contributed by atoms with Crippen molar-refractivity contribution in [2.75, 3.05) is 5.75 Å². The van der Waals surface area contributed by atoms with Crippen LogP contribution in [0.3, 0.4) is 0 Å². The van der Waals surface area contributed by atoms with Gasteiger partial charge in [-0.05, 0) is 41.8 Å². The third kappa shape index (κ3) is 7.03. The molecule has 0 unspecified atom stereocenters. The molecule has 1 aromatic heterocycles. The Morgan fingerprint density at radius 3 is 2.46 bits per heavy atom. The van der Waals surface area contributed by atoms with E-state index in [9.17, 15) is 30.8 Å². The van der Waals surface area contributed by atoms with E-state index in [4.69, 9.17) is 4.98 Å². The van der Waals surface area contributed by atoms with Crippen LogP contribution in [-0.2, 0) is 40.6 Å². The molecule has 0 saturated heterocycles. The van der Waals surface area contributed by atoms with Gasteiger partial charge in [0.1, 0.15) is 22.4 Å². The van der Waals surface area contributed by atoms with E-state index in [0.717, 1.165) is 28.8 Å². The largest absolute Gasteiger partial charge is 0.573 e. The number of nitrogens with zero attached hydrogens (tertiary/aromatic N) is 2. The lowest BCUT2D eigenvalue weighted by atomic mass is 10.0. The Kier molecular flexibility index (Phi) is 8.48. The Balaban J connectivity index is 1.44. The molecule has 3 aromatic rings. The van der Waals surface area contributed by atoms with E-state index < -0.39 is 27.8 Å². The molecular formula is C27H28F4N2O4S2. The summed E-state index contributed by atoms with van der Waals surface area (Å²) in [5, 5.41) is 0.659. The minimum Gasteiger partial charge on any atom is -0.406 e. The van der Waals surface area contributed by atoms with E-state index in [1.807, 2.05) is 18.7 Å². The van der Waals surface area contributed by atoms with Crippen molar-refractivity contribution in [3.63, 3.8) is 0 Å². The van der Waals surface area contributed by atoms with E-state index >= 15 is 0 Å². The first-order valence-corrected chi connectivity index (χ1v) is 14.8. The van der Waals surface area contributed by atoms with Gasteiger partial charge < -0.3 is 4.74 Å². The molecule has 2 aromatic carbocycles. The monoisotopic (exact) mass is 584 g/mol. The first-order valence-electron chi connectivity index (χ1n) is 12.4. The lowest BCUT2D eigenvalue weighted by Gasteiger charge is -2.28. The zero-order valence-electron chi connectivity index (χ0n) is 21.6. The molecule has 0 fully saturated rings. The molecule has 39 heavy (non-hydrogen) atoms. The fourth-order valence-corrected chi connectivity index (χ4v) is 6.76. The van der Waals surface area contributed by atoms with Gasteiger partial charge in [0.2, 0.25) is 0 Å². The van der Waals surface area contributed by atoms with Crippen molar-refractivity contribution in [3.05, 3.63) is 75.0 Å². The number of ether oxygens (including phenoxy) is 1. The molecule has 0 aliphatic carbocycles. The van der Waals surface area contributed by atoms with Gasteiger partial charge in [0, 0.05) is 30.0 Å². The zero-order valence-corrected chi connectivity index (χ0v) is 23.2. The van der Waals surface area contributed by atoms with Gasteiger partial charge >= 0.3 is 6.36 Å². The average Bonchev–Trinajstić information content (AvgIpc) is 3.36. The number of sulfone groups is 1. The molecule has 0 radical (unpaired) electrons. The Morgan fingerprint density at radius 1 is 1.15 bits per heavy atom. The van der Waals surface area contributed by atoms with Crippen LogP contribution in [0.25, 0.3) is 0 Å². The maximum atomic E-state index is 14.5. The average molecular weight is 585 g/mol. The molecule has 1 atom stereocenters. The number of halogens is 4. The maximum absolute atomic E-state index is 14.5. The normalized spacial score (nSPS) is 16.1. The van der Waals surface area contributed by atoms with Crippen molar-refractivity contribution in [1.82, 2.24) is 9.88 Å². The maximum Gasteiger partial charge on any atom is 0.573 e. The number of Topliss-reactive ketones (excluding diaryl/α,β-unsaturated/α-hetero) is 1. The fraction of sp³-hybridized carbons (Fsp3) is 0.407. The van der Waals surface area contributed by atoms with Crippen LogP contribution in [0.2, 0.25) is 0 Å². The van der Waals surface area contributed by atoms with Crippen LogP contribution < -0.4 is 4.74 Å². The van der Waals surface area contributed by atoms with Crippen molar-refractivity contribution < 1.29 is 35.5 Å². The quantitative estimate of drug-likeness (QED) is 0.271. The number of carbonyl (C=O) groups excluding carboxylic acids is 1. The SMILES string of the molecule is CCS(=O)(=O)c1ccc(CC(=O)Cc2nc3c(s2)CN(Cc2cc(OC(F)(F)F)ccc2F)[C@@H]3C(C)C)cc1. The summed E-state index contributed by atoms with van der Waals surface area (Å²) in [4.78, 5) is 20.6. The summed E-state index contributed by atoms with van der Waals surface area (Å²) in [7, 11) is -3.31. The molecular weight excluding hydrogens is 556 g/mol. The lowest BCUT2D eigenvalue weighted by molar-refractivity contribution is -0.274. The predicted molar refractivity (Wildman–Crippen MR) is 139 cm³/mol. The van der Waals surface area contributed by atoms with Crippen molar-refractivity contribution in [2.45, 2.75) is 64.0 Å². The summed E-state index contributed by atoms with van der Waals surface area (Å²) in [5.74, 6) is -1.08. The van der Waals surface area contributed by atoms with Gasteiger partial charge in [0.25, 0.3) is 0 Å². The molecule has 6 nitrogen and oxygen atoms in total. The van der Waals surface area contributed by atoms with Crippen LogP contribution in [-0.4, -0.2) is 36.2 Å². The van der Waals surface area contributed by atoms with Gasteiger partial charge in [-0.2, -0.15) is 0 Å². The van der Waals surface area contributed by atoms with Gasteiger partial charge in [-0.25, -0.2) is 17.8 Å². The molecule has 1 aliphatic rings. The smallest absolute Gasteiger partial charge is 0.406 e. The minimum atomic E-state index is -4.87. The molecule has 0 saturated carbocycles. The summed E-state index contributed by atoms with van der Waals surface area (Å²) in [6.07, 6.45) is -4.60. The first-order chi connectivity index (χ1) is 18.3. The molecule has 1 aliphatic heterocycles. The van der Waals surface area contributed by atoms with Crippen molar-refractivity contribution in [3.8, 4) is 5.75 Å². The highest BCUT2D eigenvalue weighted by atomic mass is 32.2. The number of benzene rings is 2. The molecule has 2 heterocycles. The highest BCUT2D eigenvalue weighted by molar-refractivity contribution is 7.91. The summed E-state index contributed by atoms with van der Waals surface area (Å²) in [6.45, 7) is 6.05.